The number of ether oxygens (including phenoxy) is 1. The first-order valence-electron chi connectivity index (χ1n) is 4.79. The molecule has 0 rings (SSSR count). The molecular weight excluding hydrogens is 194 g/mol. The number of carbonyl (C=O) groups excluding carboxylic acids is 1. The zero-order valence-corrected chi connectivity index (χ0v) is 9.97. The normalized spacial score (nSPS) is 11.7. The number of hydrogen-bond donors (Lipinski definition) is 2. The molecule has 0 heterocycles. The number of hydrogen-bond acceptors (Lipinski definition) is 4. The molecule has 0 aromatic rings. The van der Waals surface area contributed by atoms with Gasteiger partial charge in [0.05, 0.1) is 11.5 Å². The fourth-order valence-electron chi connectivity index (χ4n) is 0.680. The zero-order chi connectivity index (χ0) is 12.1. The molecule has 0 aliphatic rings. The Bertz CT molecular complexity index is 261. The Labute approximate surface area is 90.8 Å². The number of nitrogens with one attached hydrogen (secondary N) is 2. The molecule has 0 bridgehead atoms. The van der Waals surface area contributed by atoms with Crippen LogP contribution in [0.2, 0.25) is 0 Å². The quantitative estimate of drug-likeness (QED) is 0.698. The highest BCUT2D eigenvalue weighted by Gasteiger charge is 2.18. The summed E-state index contributed by atoms with van der Waals surface area (Å²) in [7, 11) is 0. The zero-order valence-electron chi connectivity index (χ0n) is 9.97. The Morgan fingerprint density at radius 3 is 2.27 bits per heavy atom. The van der Waals surface area contributed by atoms with Crippen LogP contribution in [0.5, 0.6) is 0 Å². The van der Waals surface area contributed by atoms with Crippen LogP contribution in [0.1, 0.15) is 34.6 Å². The van der Waals surface area contributed by atoms with Crippen molar-refractivity contribution in [2.75, 3.05) is 6.54 Å². The number of hydrazine groups is 1. The van der Waals surface area contributed by atoms with E-state index < -0.39 is 17.1 Å². The van der Waals surface area contributed by atoms with Crippen molar-refractivity contribution in [1.29, 1.82) is 5.26 Å². The minimum Gasteiger partial charge on any atom is -0.443 e. The second kappa shape index (κ2) is 4.99. The second-order valence-corrected chi connectivity index (χ2v) is 4.98. The second-order valence-electron chi connectivity index (χ2n) is 4.98. The van der Waals surface area contributed by atoms with E-state index in [1.165, 1.54) is 0 Å². The highest BCUT2D eigenvalue weighted by molar-refractivity contribution is 5.66. The van der Waals surface area contributed by atoms with Crippen LogP contribution in [0.15, 0.2) is 0 Å². The highest BCUT2D eigenvalue weighted by atomic mass is 16.6. The van der Waals surface area contributed by atoms with Gasteiger partial charge >= 0.3 is 6.09 Å². The van der Waals surface area contributed by atoms with Gasteiger partial charge in [0.2, 0.25) is 0 Å². The van der Waals surface area contributed by atoms with Crippen molar-refractivity contribution < 1.29 is 9.53 Å². The topological polar surface area (TPSA) is 74.2 Å². The van der Waals surface area contributed by atoms with E-state index >= 15 is 0 Å². The van der Waals surface area contributed by atoms with Crippen LogP contribution < -0.4 is 10.9 Å². The predicted molar refractivity (Wildman–Crippen MR) is 56.8 cm³/mol. The van der Waals surface area contributed by atoms with E-state index in [2.05, 4.69) is 16.9 Å². The van der Waals surface area contributed by atoms with Crippen LogP contribution >= 0.6 is 0 Å². The molecule has 2 N–H and O–H groups in total. The lowest BCUT2D eigenvalue weighted by Gasteiger charge is -2.21. The summed E-state index contributed by atoms with van der Waals surface area (Å²) in [5, 5.41) is 8.71. The lowest BCUT2D eigenvalue weighted by atomic mass is 9.97. The first-order chi connectivity index (χ1) is 6.66. The summed E-state index contributed by atoms with van der Waals surface area (Å²) in [6, 6.07) is 2.11. The molecule has 0 radical (unpaired) electrons. The van der Waals surface area contributed by atoms with Gasteiger partial charge in [0.1, 0.15) is 5.60 Å². The summed E-state index contributed by atoms with van der Waals surface area (Å²) in [6.07, 6.45) is -0.545. The summed E-state index contributed by atoms with van der Waals surface area (Å²) in [5.41, 5.74) is 3.98. The summed E-state index contributed by atoms with van der Waals surface area (Å²) >= 11 is 0. The minimum atomic E-state index is -0.545. The standard InChI is InChI=1S/C10H19N3O2/c1-9(2,3)15-8(14)13-12-7-10(4,5)6-11/h12H,7H2,1-5H3,(H,13,14). The molecule has 0 saturated carbocycles. The van der Waals surface area contributed by atoms with Gasteiger partial charge in [-0.25, -0.2) is 10.2 Å². The molecule has 0 spiro atoms. The monoisotopic (exact) mass is 213 g/mol. The Balaban J connectivity index is 3.80. The number of rotatable bonds is 3. The molecule has 0 aliphatic heterocycles. The average Bonchev–Trinajstić information content (AvgIpc) is 2.00. The van der Waals surface area contributed by atoms with Gasteiger partial charge in [-0.2, -0.15) is 5.26 Å². The van der Waals surface area contributed by atoms with Crippen molar-refractivity contribution >= 4 is 6.09 Å². The Morgan fingerprint density at radius 1 is 1.33 bits per heavy atom. The third-order valence-corrected chi connectivity index (χ3v) is 1.42. The van der Waals surface area contributed by atoms with Crippen molar-refractivity contribution in [3.63, 3.8) is 0 Å². The maximum absolute atomic E-state index is 11.2. The van der Waals surface area contributed by atoms with Gasteiger partial charge in [0, 0.05) is 6.54 Å². The summed E-state index contributed by atoms with van der Waals surface area (Å²) < 4.78 is 4.99. The highest BCUT2D eigenvalue weighted by Crippen LogP contribution is 2.10. The third-order valence-electron chi connectivity index (χ3n) is 1.42. The molecule has 0 aliphatic carbocycles. The van der Waals surface area contributed by atoms with E-state index in [9.17, 15) is 4.79 Å². The molecule has 0 unspecified atom stereocenters. The van der Waals surface area contributed by atoms with Crippen LogP contribution in [0.25, 0.3) is 0 Å². The molecule has 0 aromatic heterocycles. The van der Waals surface area contributed by atoms with Gasteiger partial charge < -0.3 is 4.74 Å². The minimum absolute atomic E-state index is 0.364. The molecule has 0 aromatic carbocycles. The molecule has 5 heteroatoms. The summed E-state index contributed by atoms with van der Waals surface area (Å²) in [6.45, 7) is 9.26. The lowest BCUT2D eigenvalue weighted by Crippen LogP contribution is -2.44. The van der Waals surface area contributed by atoms with E-state index in [0.717, 1.165) is 0 Å². The predicted octanol–water partition coefficient (Wildman–Crippen LogP) is 1.57. The van der Waals surface area contributed by atoms with Crippen LogP contribution in [0.4, 0.5) is 4.79 Å². The molecule has 15 heavy (non-hydrogen) atoms. The average molecular weight is 213 g/mol. The van der Waals surface area contributed by atoms with E-state index in [1.807, 2.05) is 0 Å². The maximum atomic E-state index is 11.2. The molecular formula is C10H19N3O2. The Hall–Kier alpha value is -1.28. The van der Waals surface area contributed by atoms with Gasteiger partial charge in [-0.1, -0.05) is 0 Å². The number of nitrogens with zero attached hydrogens (tertiary/aromatic N) is 1. The molecule has 5 nitrogen and oxygen atoms in total. The van der Waals surface area contributed by atoms with Crippen molar-refractivity contribution in [2.24, 2.45) is 5.41 Å². The van der Waals surface area contributed by atoms with Gasteiger partial charge in [-0.3, -0.25) is 5.43 Å². The van der Waals surface area contributed by atoms with E-state index in [0.29, 0.717) is 6.54 Å². The largest absolute Gasteiger partial charge is 0.443 e. The van der Waals surface area contributed by atoms with E-state index in [4.69, 9.17) is 10.00 Å². The van der Waals surface area contributed by atoms with Gasteiger partial charge in [-0.15, -0.1) is 0 Å². The van der Waals surface area contributed by atoms with Crippen molar-refractivity contribution in [3.8, 4) is 6.07 Å². The van der Waals surface area contributed by atoms with Gasteiger partial charge in [0.25, 0.3) is 0 Å². The fraction of sp³-hybridized carbons (Fsp3) is 0.800. The van der Waals surface area contributed by atoms with Gasteiger partial charge in [-0.05, 0) is 34.6 Å². The van der Waals surface area contributed by atoms with Gasteiger partial charge in [0.15, 0.2) is 0 Å². The lowest BCUT2D eigenvalue weighted by molar-refractivity contribution is 0.0493. The molecule has 1 amide bonds. The van der Waals surface area contributed by atoms with E-state index in [-0.39, 0.29) is 0 Å². The molecule has 0 fully saturated rings. The van der Waals surface area contributed by atoms with Crippen molar-refractivity contribution in [2.45, 2.75) is 40.2 Å². The van der Waals surface area contributed by atoms with Crippen molar-refractivity contribution in [3.05, 3.63) is 0 Å². The SMILES string of the molecule is CC(C)(C#N)CNNC(=O)OC(C)(C)C. The van der Waals surface area contributed by atoms with Crippen molar-refractivity contribution in [1.82, 2.24) is 10.9 Å². The molecule has 0 saturated heterocycles. The first-order valence-corrected chi connectivity index (χ1v) is 4.79. The fourth-order valence-corrected chi connectivity index (χ4v) is 0.680. The van der Waals surface area contributed by atoms with Crippen LogP contribution in [-0.2, 0) is 4.74 Å². The number of carbonyl (C=O) groups is 1. The van der Waals surface area contributed by atoms with E-state index in [1.54, 1.807) is 34.6 Å². The summed E-state index contributed by atoms with van der Waals surface area (Å²) in [4.78, 5) is 11.2. The summed E-state index contributed by atoms with van der Waals surface area (Å²) in [5.74, 6) is 0. The number of amides is 1. The van der Waals surface area contributed by atoms with Crippen LogP contribution in [0.3, 0.4) is 0 Å². The smallest absolute Gasteiger partial charge is 0.422 e. The van der Waals surface area contributed by atoms with Crippen LogP contribution in [-0.4, -0.2) is 18.2 Å². The third kappa shape index (κ3) is 7.77. The Morgan fingerprint density at radius 2 is 1.87 bits per heavy atom. The maximum Gasteiger partial charge on any atom is 0.422 e. The van der Waals surface area contributed by atoms with Crippen LogP contribution in [0, 0.1) is 16.7 Å². The Kier molecular flexibility index (Phi) is 4.56. The molecule has 0 atom stereocenters. The first kappa shape index (κ1) is 13.7. The number of nitriles is 1. The molecule has 86 valence electrons.